The summed E-state index contributed by atoms with van der Waals surface area (Å²) >= 11 is 0. The van der Waals surface area contributed by atoms with E-state index in [2.05, 4.69) is 15.4 Å². The molecule has 1 atom stereocenters. The minimum Gasteiger partial charge on any atom is -0.390 e. The normalized spacial score (nSPS) is 12.7. The summed E-state index contributed by atoms with van der Waals surface area (Å²) in [6, 6.07) is 3.92. The van der Waals surface area contributed by atoms with E-state index in [1.54, 1.807) is 0 Å². The van der Waals surface area contributed by atoms with Gasteiger partial charge >= 0.3 is 12.1 Å². The first-order chi connectivity index (χ1) is 11.2. The molecule has 1 heterocycles. The third-order valence-electron chi connectivity index (χ3n) is 3.08. The second-order valence-corrected chi connectivity index (χ2v) is 4.91. The van der Waals surface area contributed by atoms with Crippen LogP contribution in [-0.4, -0.2) is 25.6 Å². The van der Waals surface area contributed by atoms with Gasteiger partial charge in [-0.25, -0.2) is 0 Å². The average Bonchev–Trinajstić information content (AvgIpc) is 2.95. The SMILES string of the molecule is C[C@H](NC(=O)Cn1cnc([N+](=O)[O-])n1)c1cccc(C(F)(F)F)c1. The van der Waals surface area contributed by atoms with Crippen molar-refractivity contribution in [3.63, 3.8) is 0 Å². The Hall–Kier alpha value is -2.98. The Morgan fingerprint density at radius 2 is 2.17 bits per heavy atom. The molecule has 0 aliphatic heterocycles. The van der Waals surface area contributed by atoms with Crippen LogP contribution in [0.3, 0.4) is 0 Å². The molecule has 0 bridgehead atoms. The van der Waals surface area contributed by atoms with Crippen LogP contribution >= 0.6 is 0 Å². The number of halogens is 3. The first-order valence-electron chi connectivity index (χ1n) is 6.67. The molecule has 0 unspecified atom stereocenters. The number of rotatable bonds is 5. The van der Waals surface area contributed by atoms with Gasteiger partial charge in [0.2, 0.25) is 12.2 Å². The van der Waals surface area contributed by atoms with Crippen LogP contribution in [0.1, 0.15) is 24.1 Å². The van der Waals surface area contributed by atoms with Crippen molar-refractivity contribution >= 4 is 11.9 Å². The van der Waals surface area contributed by atoms with Gasteiger partial charge < -0.3 is 15.4 Å². The van der Waals surface area contributed by atoms with E-state index in [4.69, 9.17) is 0 Å². The van der Waals surface area contributed by atoms with E-state index >= 15 is 0 Å². The summed E-state index contributed by atoms with van der Waals surface area (Å²) in [7, 11) is 0. The zero-order valence-corrected chi connectivity index (χ0v) is 12.3. The summed E-state index contributed by atoms with van der Waals surface area (Å²) in [5, 5.41) is 16.4. The number of benzene rings is 1. The fourth-order valence-electron chi connectivity index (χ4n) is 1.95. The van der Waals surface area contributed by atoms with E-state index in [1.807, 2.05) is 0 Å². The molecule has 0 fully saturated rings. The number of alkyl halides is 3. The molecular formula is C13H12F3N5O3. The maximum absolute atomic E-state index is 12.7. The molecule has 1 amide bonds. The Kier molecular flexibility index (Phi) is 4.81. The van der Waals surface area contributed by atoms with E-state index in [0.29, 0.717) is 0 Å². The lowest BCUT2D eigenvalue weighted by Crippen LogP contribution is -2.30. The highest BCUT2D eigenvalue weighted by Crippen LogP contribution is 2.30. The van der Waals surface area contributed by atoms with E-state index in [0.717, 1.165) is 23.1 Å². The van der Waals surface area contributed by atoms with Gasteiger partial charge in [0, 0.05) is 5.10 Å². The molecule has 8 nitrogen and oxygen atoms in total. The molecule has 24 heavy (non-hydrogen) atoms. The summed E-state index contributed by atoms with van der Waals surface area (Å²) in [5.41, 5.74) is -0.532. The van der Waals surface area contributed by atoms with Crippen LogP contribution in [0.5, 0.6) is 0 Å². The highest BCUT2D eigenvalue weighted by Gasteiger charge is 2.30. The summed E-state index contributed by atoms with van der Waals surface area (Å²) in [5.74, 6) is -1.21. The van der Waals surface area contributed by atoms with Crippen molar-refractivity contribution in [1.29, 1.82) is 0 Å². The van der Waals surface area contributed by atoms with Crippen molar-refractivity contribution < 1.29 is 22.9 Å². The lowest BCUT2D eigenvalue weighted by Gasteiger charge is -2.15. The Morgan fingerprint density at radius 1 is 1.46 bits per heavy atom. The monoisotopic (exact) mass is 343 g/mol. The zero-order chi connectivity index (χ0) is 17.9. The molecule has 0 saturated heterocycles. The molecule has 1 N–H and O–H groups in total. The molecule has 0 aliphatic rings. The Balaban J connectivity index is 2.02. The van der Waals surface area contributed by atoms with Gasteiger partial charge in [-0.05, 0) is 29.5 Å². The van der Waals surface area contributed by atoms with Gasteiger partial charge in [-0.3, -0.25) is 4.79 Å². The smallest absolute Gasteiger partial charge is 0.390 e. The number of carbonyl (C=O) groups excluding carboxylic acids is 1. The van der Waals surface area contributed by atoms with Gasteiger partial charge in [0.15, 0.2) is 0 Å². The predicted molar refractivity (Wildman–Crippen MR) is 74.7 cm³/mol. The Labute approximate surface area is 133 Å². The van der Waals surface area contributed by atoms with Crippen molar-refractivity contribution in [3.8, 4) is 0 Å². The van der Waals surface area contributed by atoms with Crippen LogP contribution in [0, 0.1) is 10.1 Å². The third kappa shape index (κ3) is 4.27. The largest absolute Gasteiger partial charge is 0.490 e. The maximum Gasteiger partial charge on any atom is 0.490 e. The van der Waals surface area contributed by atoms with E-state index < -0.39 is 34.6 Å². The van der Waals surface area contributed by atoms with Gasteiger partial charge in [-0.1, -0.05) is 17.1 Å². The summed E-state index contributed by atoms with van der Waals surface area (Å²) in [4.78, 5) is 24.9. The fraction of sp³-hybridized carbons (Fsp3) is 0.308. The molecular weight excluding hydrogens is 331 g/mol. The quantitative estimate of drug-likeness (QED) is 0.661. The van der Waals surface area contributed by atoms with Gasteiger partial charge in [-0.15, -0.1) is 0 Å². The van der Waals surface area contributed by atoms with Crippen LogP contribution < -0.4 is 5.32 Å². The maximum atomic E-state index is 12.7. The van der Waals surface area contributed by atoms with Crippen LogP contribution in [0.4, 0.5) is 19.1 Å². The van der Waals surface area contributed by atoms with Gasteiger partial charge in [0.25, 0.3) is 0 Å². The highest BCUT2D eigenvalue weighted by atomic mass is 19.4. The van der Waals surface area contributed by atoms with Crippen LogP contribution in [-0.2, 0) is 17.5 Å². The van der Waals surface area contributed by atoms with Crippen molar-refractivity contribution in [2.45, 2.75) is 25.7 Å². The molecule has 2 aromatic rings. The van der Waals surface area contributed by atoms with Crippen molar-refractivity contribution in [2.24, 2.45) is 0 Å². The minimum atomic E-state index is -4.47. The highest BCUT2D eigenvalue weighted by molar-refractivity contribution is 5.76. The van der Waals surface area contributed by atoms with E-state index in [-0.39, 0.29) is 12.1 Å². The Bertz CT molecular complexity index is 759. The molecule has 2 rings (SSSR count). The van der Waals surface area contributed by atoms with Gasteiger partial charge in [0.05, 0.1) is 11.6 Å². The number of nitro groups is 1. The molecule has 11 heteroatoms. The third-order valence-corrected chi connectivity index (χ3v) is 3.08. The summed E-state index contributed by atoms with van der Waals surface area (Å²) in [6.45, 7) is 1.18. The van der Waals surface area contributed by atoms with Crippen LogP contribution in [0.25, 0.3) is 0 Å². The number of aromatic nitrogens is 3. The zero-order valence-electron chi connectivity index (χ0n) is 12.3. The second-order valence-electron chi connectivity index (χ2n) is 4.91. The van der Waals surface area contributed by atoms with Crippen LogP contribution in [0.15, 0.2) is 30.6 Å². The summed E-state index contributed by atoms with van der Waals surface area (Å²) < 4.78 is 39.0. The first kappa shape index (κ1) is 17.4. The van der Waals surface area contributed by atoms with Crippen molar-refractivity contribution in [3.05, 3.63) is 51.8 Å². The van der Waals surface area contributed by atoms with E-state index in [9.17, 15) is 28.1 Å². The number of carbonyl (C=O) groups is 1. The van der Waals surface area contributed by atoms with Gasteiger partial charge in [-0.2, -0.15) is 17.9 Å². The molecule has 1 aromatic heterocycles. The second kappa shape index (κ2) is 6.64. The molecule has 0 saturated carbocycles. The summed E-state index contributed by atoms with van der Waals surface area (Å²) in [6.07, 6.45) is -3.45. The molecule has 0 spiro atoms. The topological polar surface area (TPSA) is 103 Å². The number of nitrogens with zero attached hydrogens (tertiary/aromatic N) is 4. The number of nitrogens with one attached hydrogen (secondary N) is 1. The molecule has 128 valence electrons. The van der Waals surface area contributed by atoms with Gasteiger partial charge in [0.1, 0.15) is 6.54 Å². The molecule has 0 aliphatic carbocycles. The Morgan fingerprint density at radius 3 is 2.75 bits per heavy atom. The standard InChI is InChI=1S/C13H12F3N5O3/c1-8(9-3-2-4-10(5-9)13(14,15)16)18-11(22)6-20-7-17-12(19-20)21(23)24/h2-5,7-8H,6H2,1H3,(H,18,22)/t8-/m0/s1. The van der Waals surface area contributed by atoms with Crippen molar-refractivity contribution in [2.75, 3.05) is 0 Å². The number of hydrogen-bond donors (Lipinski definition) is 1. The lowest BCUT2D eigenvalue weighted by atomic mass is 10.0. The minimum absolute atomic E-state index is 0.280. The van der Waals surface area contributed by atoms with Crippen molar-refractivity contribution in [1.82, 2.24) is 20.1 Å². The molecule has 1 aromatic carbocycles. The fourth-order valence-corrected chi connectivity index (χ4v) is 1.95. The van der Waals surface area contributed by atoms with Crippen LogP contribution in [0.2, 0.25) is 0 Å². The number of hydrogen-bond acceptors (Lipinski definition) is 5. The molecule has 0 radical (unpaired) electrons. The average molecular weight is 343 g/mol. The number of amides is 1. The van der Waals surface area contributed by atoms with E-state index in [1.165, 1.54) is 19.1 Å². The first-order valence-corrected chi connectivity index (χ1v) is 6.67. The lowest BCUT2D eigenvalue weighted by molar-refractivity contribution is -0.394. The predicted octanol–water partition coefficient (Wildman–Crippen LogP) is 2.08.